The summed E-state index contributed by atoms with van der Waals surface area (Å²) in [5, 5.41) is 13.8. The van der Waals surface area contributed by atoms with Crippen molar-refractivity contribution in [3.8, 4) is 6.07 Å². The highest BCUT2D eigenvalue weighted by Gasteiger charge is 2.26. The first-order valence-corrected chi connectivity index (χ1v) is 6.47. The second-order valence-electron chi connectivity index (χ2n) is 4.94. The Balaban J connectivity index is 2.41. The summed E-state index contributed by atoms with van der Waals surface area (Å²) in [5.41, 5.74) is 7.58. The van der Waals surface area contributed by atoms with E-state index in [0.717, 1.165) is 25.0 Å². The fraction of sp³-hybridized carbons (Fsp3) is 0.692. The second kappa shape index (κ2) is 4.79. The molecule has 4 nitrogen and oxygen atoms in total. The van der Waals surface area contributed by atoms with Gasteiger partial charge in [0.05, 0.1) is 11.7 Å². The highest BCUT2D eigenvalue weighted by molar-refractivity contribution is 5.53. The van der Waals surface area contributed by atoms with Crippen LogP contribution in [0.3, 0.4) is 0 Å². The van der Waals surface area contributed by atoms with Crippen molar-refractivity contribution in [3.05, 3.63) is 11.3 Å². The predicted octanol–water partition coefficient (Wildman–Crippen LogP) is 2.97. The summed E-state index contributed by atoms with van der Waals surface area (Å²) in [7, 11) is 0. The molecule has 0 spiro atoms. The van der Waals surface area contributed by atoms with Crippen LogP contribution in [0.2, 0.25) is 0 Å². The Bertz CT molecular complexity index is 435. The summed E-state index contributed by atoms with van der Waals surface area (Å²) in [6.07, 6.45) is 5.75. The minimum Gasteiger partial charge on any atom is -0.383 e. The number of nitrogen functional groups attached to an aromatic ring is 1. The Labute approximate surface area is 102 Å². The minimum absolute atomic E-state index is 0.261. The summed E-state index contributed by atoms with van der Waals surface area (Å²) in [5.74, 6) is 0.987. The van der Waals surface area contributed by atoms with Crippen LogP contribution in [0.25, 0.3) is 0 Å². The van der Waals surface area contributed by atoms with E-state index in [0.29, 0.717) is 17.3 Å². The van der Waals surface area contributed by atoms with Crippen molar-refractivity contribution in [2.24, 2.45) is 0 Å². The van der Waals surface area contributed by atoms with Crippen molar-refractivity contribution in [2.75, 3.05) is 5.73 Å². The van der Waals surface area contributed by atoms with E-state index in [4.69, 9.17) is 5.73 Å². The first-order chi connectivity index (χ1) is 8.19. The summed E-state index contributed by atoms with van der Waals surface area (Å²) in [4.78, 5) is 0. The van der Waals surface area contributed by atoms with Crippen LogP contribution in [-0.2, 0) is 0 Å². The second-order valence-corrected chi connectivity index (χ2v) is 4.94. The fourth-order valence-corrected chi connectivity index (χ4v) is 2.57. The topological polar surface area (TPSA) is 67.6 Å². The van der Waals surface area contributed by atoms with Gasteiger partial charge in [-0.15, -0.1) is 0 Å². The van der Waals surface area contributed by atoms with E-state index >= 15 is 0 Å². The third-order valence-electron chi connectivity index (χ3n) is 3.84. The maximum atomic E-state index is 9.24. The number of nitrogens with zero attached hydrogens (tertiary/aromatic N) is 3. The van der Waals surface area contributed by atoms with Crippen LogP contribution in [0.1, 0.15) is 69.2 Å². The normalized spacial score (nSPS) is 18.2. The Hall–Kier alpha value is -1.50. The molecular weight excluding hydrogens is 212 g/mol. The molecule has 1 saturated carbocycles. The van der Waals surface area contributed by atoms with Gasteiger partial charge in [0.15, 0.2) is 0 Å². The number of nitrogens with two attached hydrogens (primary N) is 1. The molecule has 92 valence electrons. The van der Waals surface area contributed by atoms with Gasteiger partial charge in [-0.05, 0) is 26.2 Å². The molecule has 0 bridgehead atoms. The van der Waals surface area contributed by atoms with Gasteiger partial charge in [-0.25, -0.2) is 4.68 Å². The Morgan fingerprint density at radius 1 is 1.53 bits per heavy atom. The van der Waals surface area contributed by atoms with Crippen LogP contribution < -0.4 is 5.73 Å². The monoisotopic (exact) mass is 232 g/mol. The van der Waals surface area contributed by atoms with Crippen molar-refractivity contribution < 1.29 is 0 Å². The molecule has 0 aliphatic heterocycles. The largest absolute Gasteiger partial charge is 0.383 e. The number of hydrogen-bond donors (Lipinski definition) is 1. The van der Waals surface area contributed by atoms with Gasteiger partial charge >= 0.3 is 0 Å². The molecule has 1 aromatic rings. The van der Waals surface area contributed by atoms with E-state index in [1.807, 2.05) is 4.68 Å². The van der Waals surface area contributed by atoms with E-state index in [9.17, 15) is 5.26 Å². The SMILES string of the molecule is CC[C@H](C)n1nc(C2CCCC2)c(C#N)c1N. The molecule has 0 aromatic carbocycles. The van der Waals surface area contributed by atoms with Crippen molar-refractivity contribution in [1.29, 1.82) is 5.26 Å². The quantitative estimate of drug-likeness (QED) is 0.871. The lowest BCUT2D eigenvalue weighted by Crippen LogP contribution is -2.09. The number of rotatable bonds is 3. The van der Waals surface area contributed by atoms with Gasteiger partial charge in [-0.1, -0.05) is 19.8 Å². The molecule has 1 atom stereocenters. The first-order valence-electron chi connectivity index (χ1n) is 6.47. The van der Waals surface area contributed by atoms with Crippen LogP contribution >= 0.6 is 0 Å². The lowest BCUT2D eigenvalue weighted by atomic mass is 10.0. The predicted molar refractivity (Wildman–Crippen MR) is 67.6 cm³/mol. The molecule has 0 saturated heterocycles. The average molecular weight is 232 g/mol. The zero-order valence-corrected chi connectivity index (χ0v) is 10.6. The molecule has 2 N–H and O–H groups in total. The summed E-state index contributed by atoms with van der Waals surface area (Å²) >= 11 is 0. The van der Waals surface area contributed by atoms with Crippen molar-refractivity contribution in [1.82, 2.24) is 9.78 Å². The maximum absolute atomic E-state index is 9.24. The highest BCUT2D eigenvalue weighted by Crippen LogP contribution is 2.37. The molecule has 1 heterocycles. The Morgan fingerprint density at radius 2 is 2.18 bits per heavy atom. The molecule has 1 aromatic heterocycles. The van der Waals surface area contributed by atoms with Gasteiger partial charge in [-0.2, -0.15) is 10.4 Å². The fourth-order valence-electron chi connectivity index (χ4n) is 2.57. The molecule has 0 radical (unpaired) electrons. The molecule has 0 amide bonds. The van der Waals surface area contributed by atoms with Gasteiger partial charge in [0.2, 0.25) is 0 Å². The van der Waals surface area contributed by atoms with Crippen molar-refractivity contribution in [2.45, 2.75) is 57.9 Å². The van der Waals surface area contributed by atoms with E-state index in [-0.39, 0.29) is 6.04 Å². The van der Waals surface area contributed by atoms with Crippen molar-refractivity contribution >= 4 is 5.82 Å². The van der Waals surface area contributed by atoms with E-state index < -0.39 is 0 Å². The minimum atomic E-state index is 0.261. The van der Waals surface area contributed by atoms with Gasteiger partial charge < -0.3 is 5.73 Å². The Morgan fingerprint density at radius 3 is 2.71 bits per heavy atom. The van der Waals surface area contributed by atoms with Crippen LogP contribution in [0.15, 0.2) is 0 Å². The summed E-state index contributed by atoms with van der Waals surface area (Å²) < 4.78 is 1.83. The molecule has 17 heavy (non-hydrogen) atoms. The molecule has 2 rings (SSSR count). The van der Waals surface area contributed by atoms with Crippen LogP contribution in [0, 0.1) is 11.3 Å². The van der Waals surface area contributed by atoms with Crippen molar-refractivity contribution in [3.63, 3.8) is 0 Å². The molecule has 1 aliphatic carbocycles. The van der Waals surface area contributed by atoms with Gasteiger partial charge in [0.25, 0.3) is 0 Å². The Kier molecular flexibility index (Phi) is 3.37. The van der Waals surface area contributed by atoms with Crippen LogP contribution in [-0.4, -0.2) is 9.78 Å². The molecular formula is C13H20N4. The van der Waals surface area contributed by atoms with E-state index in [1.165, 1.54) is 12.8 Å². The zero-order valence-electron chi connectivity index (χ0n) is 10.6. The highest BCUT2D eigenvalue weighted by atomic mass is 15.3. The maximum Gasteiger partial charge on any atom is 0.140 e. The lowest BCUT2D eigenvalue weighted by molar-refractivity contribution is 0.475. The standard InChI is InChI=1S/C13H20N4/c1-3-9(2)17-13(15)11(8-14)12(16-17)10-6-4-5-7-10/h9-10H,3-7,15H2,1-2H3/t9-/m0/s1. The first kappa shape index (κ1) is 12.0. The van der Waals surface area contributed by atoms with Gasteiger partial charge in [0, 0.05) is 5.92 Å². The third kappa shape index (κ3) is 2.02. The molecule has 1 fully saturated rings. The number of anilines is 1. The molecule has 0 unspecified atom stereocenters. The van der Waals surface area contributed by atoms with Crippen LogP contribution in [0.5, 0.6) is 0 Å². The smallest absolute Gasteiger partial charge is 0.140 e. The van der Waals surface area contributed by atoms with E-state index in [2.05, 4.69) is 25.0 Å². The molecule has 4 heteroatoms. The number of hydrogen-bond acceptors (Lipinski definition) is 3. The van der Waals surface area contributed by atoms with Crippen LogP contribution in [0.4, 0.5) is 5.82 Å². The van der Waals surface area contributed by atoms with E-state index in [1.54, 1.807) is 0 Å². The third-order valence-corrected chi connectivity index (χ3v) is 3.84. The lowest BCUT2D eigenvalue weighted by Gasteiger charge is -2.10. The number of nitriles is 1. The summed E-state index contributed by atoms with van der Waals surface area (Å²) in [6, 6.07) is 2.49. The zero-order chi connectivity index (χ0) is 12.4. The molecule has 1 aliphatic rings. The van der Waals surface area contributed by atoms with Gasteiger partial charge in [0.1, 0.15) is 17.5 Å². The number of aromatic nitrogens is 2. The average Bonchev–Trinajstić information content (AvgIpc) is 2.95. The summed E-state index contributed by atoms with van der Waals surface area (Å²) in [6.45, 7) is 4.19. The van der Waals surface area contributed by atoms with Gasteiger partial charge in [-0.3, -0.25) is 0 Å².